The normalized spacial score (nSPS) is 14.8. The number of hydrogen-bond donors (Lipinski definition) is 1. The molecule has 0 saturated heterocycles. The van der Waals surface area contributed by atoms with E-state index in [0.717, 1.165) is 16.8 Å². The van der Waals surface area contributed by atoms with Gasteiger partial charge in [-0.1, -0.05) is 22.9 Å². The highest BCUT2D eigenvalue weighted by molar-refractivity contribution is 5.94. The van der Waals surface area contributed by atoms with E-state index in [9.17, 15) is 4.79 Å². The zero-order chi connectivity index (χ0) is 18.1. The Morgan fingerprint density at radius 3 is 2.88 bits per heavy atom. The van der Waals surface area contributed by atoms with Gasteiger partial charge in [-0.3, -0.25) is 9.78 Å². The molecule has 26 heavy (non-hydrogen) atoms. The number of nitrogens with one attached hydrogen (secondary N) is 1. The molecule has 6 heteroatoms. The van der Waals surface area contributed by atoms with Gasteiger partial charge < -0.3 is 9.84 Å². The summed E-state index contributed by atoms with van der Waals surface area (Å²) < 4.78 is 5.36. The number of pyridine rings is 1. The fourth-order valence-corrected chi connectivity index (χ4v) is 2.85. The third-order valence-electron chi connectivity index (χ3n) is 4.47. The Morgan fingerprint density at radius 2 is 2.12 bits per heavy atom. The number of aromatic nitrogens is 3. The van der Waals surface area contributed by atoms with E-state index in [-0.39, 0.29) is 11.9 Å². The van der Waals surface area contributed by atoms with E-state index < -0.39 is 0 Å². The van der Waals surface area contributed by atoms with Crippen LogP contribution in [0.1, 0.15) is 59.2 Å². The van der Waals surface area contributed by atoms with E-state index in [1.807, 2.05) is 44.2 Å². The molecule has 1 aromatic carbocycles. The number of hydrogen-bond acceptors (Lipinski definition) is 5. The lowest BCUT2D eigenvalue weighted by Crippen LogP contribution is -2.26. The fourth-order valence-electron chi connectivity index (χ4n) is 2.85. The Balaban J connectivity index is 1.48. The van der Waals surface area contributed by atoms with Crippen molar-refractivity contribution < 1.29 is 9.32 Å². The third kappa shape index (κ3) is 3.49. The summed E-state index contributed by atoms with van der Waals surface area (Å²) in [6, 6.07) is 10.9. The molecular formula is C20H20N4O2. The molecule has 2 heterocycles. The predicted molar refractivity (Wildman–Crippen MR) is 96.6 cm³/mol. The van der Waals surface area contributed by atoms with Crippen LogP contribution in [0.15, 0.2) is 47.1 Å². The summed E-state index contributed by atoms with van der Waals surface area (Å²) in [6.45, 7) is 3.78. The van der Waals surface area contributed by atoms with Gasteiger partial charge in [0.25, 0.3) is 5.91 Å². The molecule has 1 aliphatic carbocycles. The smallest absolute Gasteiger partial charge is 0.251 e. The first-order valence-electron chi connectivity index (χ1n) is 8.77. The molecule has 1 fully saturated rings. The van der Waals surface area contributed by atoms with Crippen LogP contribution in [0.25, 0.3) is 11.4 Å². The van der Waals surface area contributed by atoms with Gasteiger partial charge in [0.05, 0.1) is 0 Å². The molecule has 4 rings (SSSR count). The van der Waals surface area contributed by atoms with Crippen LogP contribution >= 0.6 is 0 Å². The number of benzene rings is 1. The number of carbonyl (C=O) groups is 1. The molecule has 6 nitrogen and oxygen atoms in total. The van der Waals surface area contributed by atoms with E-state index in [4.69, 9.17) is 4.52 Å². The first kappa shape index (κ1) is 16.4. The molecule has 0 bridgehead atoms. The van der Waals surface area contributed by atoms with E-state index >= 15 is 0 Å². The number of amides is 1. The molecule has 0 radical (unpaired) electrons. The molecule has 1 amide bonds. The maximum Gasteiger partial charge on any atom is 0.251 e. The topological polar surface area (TPSA) is 80.9 Å². The van der Waals surface area contributed by atoms with Crippen LogP contribution in [0.5, 0.6) is 0 Å². The Labute approximate surface area is 151 Å². The molecule has 1 atom stereocenters. The van der Waals surface area contributed by atoms with Crippen LogP contribution in [-0.4, -0.2) is 21.0 Å². The molecule has 0 unspecified atom stereocenters. The molecule has 132 valence electrons. The monoisotopic (exact) mass is 348 g/mol. The number of carbonyl (C=O) groups excluding carboxylic acids is 1. The highest BCUT2D eigenvalue weighted by atomic mass is 16.5. The highest BCUT2D eigenvalue weighted by Gasteiger charge is 2.25. The van der Waals surface area contributed by atoms with Crippen molar-refractivity contribution >= 4 is 5.91 Å². The van der Waals surface area contributed by atoms with E-state index in [1.165, 1.54) is 12.8 Å². The standard InChI is InChI=1S/C20H20N4O2/c1-12-4-3-5-16(10-12)19(25)22-13(2)20-23-18(24-26-20)15-8-9-21-17(11-15)14-6-7-14/h3-5,8-11,13-14H,6-7H2,1-2H3,(H,22,25)/t13-/m0/s1. The maximum atomic E-state index is 12.4. The summed E-state index contributed by atoms with van der Waals surface area (Å²) in [5.41, 5.74) is 3.61. The van der Waals surface area contributed by atoms with Crippen molar-refractivity contribution in [1.82, 2.24) is 20.4 Å². The molecule has 1 aliphatic rings. The molecule has 2 aromatic heterocycles. The Hall–Kier alpha value is -3.02. The van der Waals surface area contributed by atoms with Gasteiger partial charge in [-0.2, -0.15) is 4.98 Å². The summed E-state index contributed by atoms with van der Waals surface area (Å²) in [4.78, 5) is 21.2. The van der Waals surface area contributed by atoms with Crippen molar-refractivity contribution in [3.63, 3.8) is 0 Å². The minimum Gasteiger partial charge on any atom is -0.341 e. The fraction of sp³-hybridized carbons (Fsp3) is 0.300. The molecule has 0 aliphatic heterocycles. The maximum absolute atomic E-state index is 12.4. The van der Waals surface area contributed by atoms with Crippen LogP contribution in [0.2, 0.25) is 0 Å². The number of aryl methyl sites for hydroxylation is 1. The van der Waals surface area contributed by atoms with Gasteiger partial charge >= 0.3 is 0 Å². The zero-order valence-electron chi connectivity index (χ0n) is 14.8. The van der Waals surface area contributed by atoms with Crippen molar-refractivity contribution in [2.45, 2.75) is 38.6 Å². The summed E-state index contributed by atoms with van der Waals surface area (Å²) in [6.07, 6.45) is 4.16. The molecule has 3 aromatic rings. The van der Waals surface area contributed by atoms with Gasteiger partial charge in [-0.15, -0.1) is 0 Å². The van der Waals surface area contributed by atoms with Crippen molar-refractivity contribution in [2.75, 3.05) is 0 Å². The molecule has 1 N–H and O–H groups in total. The molecule has 1 saturated carbocycles. The summed E-state index contributed by atoms with van der Waals surface area (Å²) >= 11 is 0. The summed E-state index contributed by atoms with van der Waals surface area (Å²) in [5.74, 6) is 1.29. The second kappa shape index (κ2) is 6.71. The lowest BCUT2D eigenvalue weighted by Gasteiger charge is -2.10. The predicted octanol–water partition coefficient (Wildman–Crippen LogP) is 3.81. The van der Waals surface area contributed by atoms with Gasteiger partial charge in [0.1, 0.15) is 6.04 Å². The minimum absolute atomic E-state index is 0.166. The second-order valence-corrected chi connectivity index (χ2v) is 6.76. The van der Waals surface area contributed by atoms with E-state index in [2.05, 4.69) is 20.4 Å². The van der Waals surface area contributed by atoms with Gasteiger partial charge in [-0.05, 0) is 51.0 Å². The van der Waals surface area contributed by atoms with Crippen LogP contribution in [0.4, 0.5) is 0 Å². The van der Waals surface area contributed by atoms with E-state index in [0.29, 0.717) is 23.2 Å². The van der Waals surface area contributed by atoms with Crippen molar-refractivity contribution in [3.05, 3.63) is 65.3 Å². The van der Waals surface area contributed by atoms with Gasteiger partial charge in [0.15, 0.2) is 0 Å². The lowest BCUT2D eigenvalue weighted by molar-refractivity contribution is 0.0932. The van der Waals surface area contributed by atoms with E-state index in [1.54, 1.807) is 12.3 Å². The average Bonchev–Trinajstić information content (AvgIpc) is 3.38. The highest BCUT2D eigenvalue weighted by Crippen LogP contribution is 2.39. The third-order valence-corrected chi connectivity index (χ3v) is 4.47. The van der Waals surface area contributed by atoms with Crippen LogP contribution in [0.3, 0.4) is 0 Å². The first-order valence-corrected chi connectivity index (χ1v) is 8.77. The lowest BCUT2D eigenvalue weighted by atomic mass is 10.1. The average molecular weight is 348 g/mol. The van der Waals surface area contributed by atoms with Crippen molar-refractivity contribution in [1.29, 1.82) is 0 Å². The van der Waals surface area contributed by atoms with Crippen LogP contribution in [0, 0.1) is 6.92 Å². The van der Waals surface area contributed by atoms with Crippen molar-refractivity contribution in [2.24, 2.45) is 0 Å². The zero-order valence-corrected chi connectivity index (χ0v) is 14.8. The largest absolute Gasteiger partial charge is 0.341 e. The molecular weight excluding hydrogens is 328 g/mol. The van der Waals surface area contributed by atoms with Crippen molar-refractivity contribution in [3.8, 4) is 11.4 Å². The van der Waals surface area contributed by atoms with Gasteiger partial charge in [-0.25, -0.2) is 0 Å². The second-order valence-electron chi connectivity index (χ2n) is 6.76. The Bertz CT molecular complexity index is 946. The van der Waals surface area contributed by atoms with Crippen LogP contribution in [-0.2, 0) is 0 Å². The van der Waals surface area contributed by atoms with Crippen LogP contribution < -0.4 is 5.32 Å². The Kier molecular flexibility index (Phi) is 4.24. The Morgan fingerprint density at radius 1 is 1.27 bits per heavy atom. The minimum atomic E-state index is -0.381. The number of rotatable bonds is 5. The van der Waals surface area contributed by atoms with Gasteiger partial charge in [0, 0.05) is 28.9 Å². The first-order chi connectivity index (χ1) is 12.6. The summed E-state index contributed by atoms with van der Waals surface area (Å²) in [5, 5.41) is 6.95. The van der Waals surface area contributed by atoms with Gasteiger partial charge in [0.2, 0.25) is 11.7 Å². The summed E-state index contributed by atoms with van der Waals surface area (Å²) in [7, 11) is 0. The number of nitrogens with zero attached hydrogens (tertiary/aromatic N) is 3. The molecule has 0 spiro atoms. The SMILES string of the molecule is Cc1cccc(C(=O)N[C@@H](C)c2nc(-c3ccnc(C4CC4)c3)no2)c1. The quantitative estimate of drug-likeness (QED) is 0.758.